The minimum atomic E-state index is -0.447. The fraction of sp³-hybridized carbons (Fsp3) is 0.292. The van der Waals surface area contributed by atoms with Crippen molar-refractivity contribution in [1.82, 2.24) is 23.8 Å². The highest BCUT2D eigenvalue weighted by Gasteiger charge is 2.26. The predicted octanol–water partition coefficient (Wildman–Crippen LogP) is 3.15. The van der Waals surface area contributed by atoms with E-state index in [1.165, 1.54) is 0 Å². The van der Waals surface area contributed by atoms with Gasteiger partial charge < -0.3 is 19.0 Å². The van der Waals surface area contributed by atoms with Gasteiger partial charge in [0.15, 0.2) is 0 Å². The number of amides is 1. The highest BCUT2D eigenvalue weighted by molar-refractivity contribution is 6.02. The van der Waals surface area contributed by atoms with Gasteiger partial charge >= 0.3 is 0 Å². The molecule has 1 aliphatic rings. The number of likely N-dealkylation sites (tertiary alicyclic amines) is 1. The molecular weight excluding hydrogens is 390 g/mol. The Morgan fingerprint density at radius 1 is 1.26 bits per heavy atom. The molecule has 7 nitrogen and oxygen atoms in total. The zero-order valence-electron chi connectivity index (χ0n) is 17.5. The van der Waals surface area contributed by atoms with Crippen molar-refractivity contribution in [1.29, 1.82) is 0 Å². The quantitative estimate of drug-likeness (QED) is 0.556. The standard InChI is InChI=1S/C24H25N5O2/c1-17-26-21(16-28(17)14-18-6-4-9-25-13-18)23-12-20(22-8-2-3-11-29(22)23)24(31)27-10-5-7-19(30)15-27/h2-4,6,8-9,11-13,16,19,30H,5,7,10,14-15H2,1H3. The summed E-state index contributed by atoms with van der Waals surface area (Å²) in [5, 5.41) is 10.0. The molecule has 5 rings (SSSR count). The molecule has 1 saturated heterocycles. The van der Waals surface area contributed by atoms with Gasteiger partial charge in [-0.2, -0.15) is 0 Å². The lowest BCUT2D eigenvalue weighted by molar-refractivity contribution is 0.0475. The van der Waals surface area contributed by atoms with E-state index in [2.05, 4.69) is 9.55 Å². The number of carbonyl (C=O) groups excluding carboxylic acids is 1. The summed E-state index contributed by atoms with van der Waals surface area (Å²) in [4.78, 5) is 24.0. The van der Waals surface area contributed by atoms with Crippen molar-refractivity contribution in [2.75, 3.05) is 13.1 Å². The number of piperidine rings is 1. The number of rotatable bonds is 4. The van der Waals surface area contributed by atoms with Crippen LogP contribution in [0.4, 0.5) is 0 Å². The van der Waals surface area contributed by atoms with E-state index in [1.807, 2.05) is 66.3 Å². The summed E-state index contributed by atoms with van der Waals surface area (Å²) in [5.41, 5.74) is 4.30. The number of fused-ring (bicyclic) bond motifs is 1. The maximum atomic E-state index is 13.3. The van der Waals surface area contributed by atoms with E-state index in [0.29, 0.717) is 25.2 Å². The summed E-state index contributed by atoms with van der Waals surface area (Å²) in [6, 6.07) is 11.7. The zero-order valence-corrected chi connectivity index (χ0v) is 17.5. The molecule has 1 amide bonds. The first kappa shape index (κ1) is 19.5. The third-order valence-electron chi connectivity index (χ3n) is 5.90. The fourth-order valence-corrected chi connectivity index (χ4v) is 4.31. The number of nitrogens with zero attached hydrogens (tertiary/aromatic N) is 5. The van der Waals surface area contributed by atoms with Crippen molar-refractivity contribution < 1.29 is 9.90 Å². The van der Waals surface area contributed by atoms with Gasteiger partial charge in [0.25, 0.3) is 5.91 Å². The van der Waals surface area contributed by atoms with Crippen molar-refractivity contribution in [3.05, 3.63) is 78.1 Å². The summed E-state index contributed by atoms with van der Waals surface area (Å²) in [6.45, 7) is 3.73. The highest BCUT2D eigenvalue weighted by atomic mass is 16.3. The Balaban J connectivity index is 1.53. The van der Waals surface area contributed by atoms with Crippen molar-refractivity contribution in [2.24, 2.45) is 0 Å². The topological polar surface area (TPSA) is 75.7 Å². The smallest absolute Gasteiger partial charge is 0.256 e. The van der Waals surface area contributed by atoms with Gasteiger partial charge in [-0.05, 0) is 49.6 Å². The van der Waals surface area contributed by atoms with Crippen LogP contribution in [0.5, 0.6) is 0 Å². The molecular formula is C24H25N5O2. The summed E-state index contributed by atoms with van der Waals surface area (Å²) < 4.78 is 4.11. The van der Waals surface area contributed by atoms with Crippen molar-refractivity contribution in [3.63, 3.8) is 0 Å². The van der Waals surface area contributed by atoms with Crippen LogP contribution in [-0.4, -0.2) is 54.0 Å². The summed E-state index contributed by atoms with van der Waals surface area (Å²) in [7, 11) is 0. The van der Waals surface area contributed by atoms with E-state index >= 15 is 0 Å². The second kappa shape index (κ2) is 8.00. The number of aromatic nitrogens is 4. The highest BCUT2D eigenvalue weighted by Crippen LogP contribution is 2.28. The molecule has 4 aromatic rings. The van der Waals surface area contributed by atoms with Gasteiger partial charge in [0.1, 0.15) is 11.5 Å². The molecule has 1 unspecified atom stereocenters. The Hall–Kier alpha value is -3.45. The Bertz CT molecular complexity index is 1230. The van der Waals surface area contributed by atoms with Crippen LogP contribution >= 0.6 is 0 Å². The zero-order chi connectivity index (χ0) is 21.4. The van der Waals surface area contributed by atoms with Crippen LogP contribution in [0.3, 0.4) is 0 Å². The molecule has 0 aliphatic carbocycles. The molecule has 1 atom stereocenters. The van der Waals surface area contributed by atoms with Crippen LogP contribution in [0, 0.1) is 6.92 Å². The van der Waals surface area contributed by atoms with Crippen LogP contribution in [0.2, 0.25) is 0 Å². The maximum absolute atomic E-state index is 13.3. The number of aliphatic hydroxyl groups is 1. The lowest BCUT2D eigenvalue weighted by Gasteiger charge is -2.30. The molecule has 5 heterocycles. The van der Waals surface area contributed by atoms with Gasteiger partial charge in [0, 0.05) is 37.9 Å². The number of carbonyl (C=O) groups is 1. The second-order valence-electron chi connectivity index (χ2n) is 8.11. The average Bonchev–Trinajstić information content (AvgIpc) is 3.35. The van der Waals surface area contributed by atoms with Crippen LogP contribution in [-0.2, 0) is 6.54 Å². The summed E-state index contributed by atoms with van der Waals surface area (Å²) in [5.74, 6) is 0.858. The number of aryl methyl sites for hydroxylation is 1. The minimum Gasteiger partial charge on any atom is -0.391 e. The van der Waals surface area contributed by atoms with Gasteiger partial charge in [-0.3, -0.25) is 9.78 Å². The second-order valence-corrected chi connectivity index (χ2v) is 8.11. The van der Waals surface area contributed by atoms with Crippen molar-refractivity contribution >= 4 is 11.4 Å². The molecule has 31 heavy (non-hydrogen) atoms. The Morgan fingerprint density at radius 2 is 2.16 bits per heavy atom. The molecule has 158 valence electrons. The molecule has 0 radical (unpaired) electrons. The third kappa shape index (κ3) is 3.72. The number of hydrogen-bond donors (Lipinski definition) is 1. The fourth-order valence-electron chi connectivity index (χ4n) is 4.31. The number of β-amino-alcohol motifs (C(OH)–C–C–N with tert-alkyl or cyclic N) is 1. The first-order valence-corrected chi connectivity index (χ1v) is 10.6. The molecule has 1 N–H and O–H groups in total. The lowest BCUT2D eigenvalue weighted by Crippen LogP contribution is -2.42. The van der Waals surface area contributed by atoms with Crippen LogP contribution in [0.15, 0.2) is 61.2 Å². The van der Waals surface area contributed by atoms with Crippen LogP contribution in [0.25, 0.3) is 16.9 Å². The van der Waals surface area contributed by atoms with Gasteiger partial charge in [-0.15, -0.1) is 0 Å². The Morgan fingerprint density at radius 3 is 2.97 bits per heavy atom. The van der Waals surface area contributed by atoms with Gasteiger partial charge in [0.05, 0.1) is 29.4 Å². The predicted molar refractivity (Wildman–Crippen MR) is 118 cm³/mol. The van der Waals surface area contributed by atoms with Crippen molar-refractivity contribution in [2.45, 2.75) is 32.4 Å². The average molecular weight is 415 g/mol. The van der Waals surface area contributed by atoms with E-state index in [-0.39, 0.29) is 5.91 Å². The molecule has 0 saturated carbocycles. The summed E-state index contributed by atoms with van der Waals surface area (Å²) >= 11 is 0. The molecule has 0 bridgehead atoms. The van der Waals surface area contributed by atoms with E-state index in [9.17, 15) is 9.90 Å². The van der Waals surface area contributed by atoms with E-state index in [1.54, 1.807) is 11.1 Å². The van der Waals surface area contributed by atoms with Crippen LogP contribution < -0.4 is 0 Å². The van der Waals surface area contributed by atoms with E-state index in [0.717, 1.165) is 41.1 Å². The minimum absolute atomic E-state index is 0.0415. The molecule has 1 aliphatic heterocycles. The summed E-state index contributed by atoms with van der Waals surface area (Å²) in [6.07, 6.45) is 8.73. The third-order valence-corrected chi connectivity index (χ3v) is 5.90. The number of pyridine rings is 2. The monoisotopic (exact) mass is 415 g/mol. The number of aliphatic hydroxyl groups excluding tert-OH is 1. The van der Waals surface area contributed by atoms with Gasteiger partial charge in [0.2, 0.25) is 0 Å². The molecule has 1 fully saturated rings. The molecule has 0 aromatic carbocycles. The Labute approximate surface area is 180 Å². The van der Waals surface area contributed by atoms with E-state index in [4.69, 9.17) is 4.98 Å². The van der Waals surface area contributed by atoms with Crippen LogP contribution in [0.1, 0.15) is 34.6 Å². The molecule has 7 heteroatoms. The number of hydrogen-bond acceptors (Lipinski definition) is 4. The lowest BCUT2D eigenvalue weighted by atomic mass is 10.1. The Kier molecular flexibility index (Phi) is 5.03. The molecule has 4 aromatic heterocycles. The van der Waals surface area contributed by atoms with Crippen molar-refractivity contribution in [3.8, 4) is 11.4 Å². The maximum Gasteiger partial charge on any atom is 0.256 e. The van der Waals surface area contributed by atoms with E-state index < -0.39 is 6.10 Å². The van der Waals surface area contributed by atoms with Gasteiger partial charge in [-0.25, -0.2) is 4.98 Å². The molecule has 0 spiro atoms. The number of imidazole rings is 1. The largest absolute Gasteiger partial charge is 0.391 e. The normalized spacial score (nSPS) is 16.7. The van der Waals surface area contributed by atoms with Gasteiger partial charge in [-0.1, -0.05) is 12.1 Å². The first-order chi connectivity index (χ1) is 15.1. The SMILES string of the molecule is Cc1nc(-c2cc(C(=O)N3CCCC(O)C3)c3ccccn23)cn1Cc1cccnc1. The first-order valence-electron chi connectivity index (χ1n) is 10.6.